The fourth-order valence-corrected chi connectivity index (χ4v) is 3.54. The molecule has 0 bridgehead atoms. The molecular formula is C13H26N2O3S. The summed E-state index contributed by atoms with van der Waals surface area (Å²) in [6, 6.07) is 0.278. The number of carbonyl (C=O) groups is 1. The number of piperidine rings is 1. The van der Waals surface area contributed by atoms with Crippen molar-refractivity contribution in [2.45, 2.75) is 45.7 Å². The number of nitrogens with one attached hydrogen (secondary N) is 1. The zero-order valence-electron chi connectivity index (χ0n) is 12.3. The molecule has 0 aromatic carbocycles. The van der Waals surface area contributed by atoms with Crippen LogP contribution in [0.25, 0.3) is 0 Å². The Bertz CT molecular complexity index is 398. The summed E-state index contributed by atoms with van der Waals surface area (Å²) in [5.74, 6) is 0.425. The van der Waals surface area contributed by atoms with E-state index >= 15 is 0 Å². The maximum Gasteiger partial charge on any atom is 0.225 e. The van der Waals surface area contributed by atoms with Crippen molar-refractivity contribution in [1.29, 1.82) is 0 Å². The van der Waals surface area contributed by atoms with Crippen LogP contribution in [0.5, 0.6) is 0 Å². The van der Waals surface area contributed by atoms with Crippen molar-refractivity contribution in [3.05, 3.63) is 0 Å². The summed E-state index contributed by atoms with van der Waals surface area (Å²) in [6.07, 6.45) is 3.05. The second kappa shape index (κ2) is 6.70. The van der Waals surface area contributed by atoms with E-state index in [1.165, 1.54) is 6.26 Å². The van der Waals surface area contributed by atoms with Crippen LogP contribution in [-0.2, 0) is 14.6 Å². The minimum atomic E-state index is -2.94. The molecule has 1 amide bonds. The number of amides is 1. The Morgan fingerprint density at radius 2 is 1.79 bits per heavy atom. The molecule has 1 saturated heterocycles. The summed E-state index contributed by atoms with van der Waals surface area (Å²) >= 11 is 0. The molecule has 0 aromatic rings. The molecule has 0 saturated carbocycles. The second-order valence-corrected chi connectivity index (χ2v) is 8.10. The average molecular weight is 290 g/mol. The molecule has 0 spiro atoms. The van der Waals surface area contributed by atoms with Gasteiger partial charge < -0.3 is 10.2 Å². The van der Waals surface area contributed by atoms with Crippen molar-refractivity contribution in [3.8, 4) is 0 Å². The van der Waals surface area contributed by atoms with Gasteiger partial charge in [0.1, 0.15) is 9.84 Å². The Morgan fingerprint density at radius 3 is 2.21 bits per heavy atom. The van der Waals surface area contributed by atoms with Gasteiger partial charge in [-0.2, -0.15) is 0 Å². The van der Waals surface area contributed by atoms with E-state index in [4.69, 9.17) is 0 Å². The van der Waals surface area contributed by atoms with E-state index < -0.39 is 9.84 Å². The minimum Gasteiger partial charge on any atom is -0.342 e. The van der Waals surface area contributed by atoms with Crippen LogP contribution in [0.4, 0.5) is 0 Å². The summed E-state index contributed by atoms with van der Waals surface area (Å²) in [5, 5.41) is 3.35. The number of hydrogen-bond donors (Lipinski definition) is 1. The van der Waals surface area contributed by atoms with Crippen LogP contribution in [0.3, 0.4) is 0 Å². The van der Waals surface area contributed by atoms with E-state index in [0.717, 1.165) is 25.9 Å². The van der Waals surface area contributed by atoms with Crippen molar-refractivity contribution in [2.75, 3.05) is 25.1 Å². The lowest BCUT2D eigenvalue weighted by Gasteiger charge is -2.34. The molecule has 0 aliphatic carbocycles. The standard InChI is InChI=1S/C13H26N2O3S/c1-10(2)13(16)15-7-5-12(6-8-15)14-11(3)9-19(4,17)18/h10-12,14H,5-9H2,1-4H3. The molecule has 0 aromatic heterocycles. The van der Waals surface area contributed by atoms with E-state index in [9.17, 15) is 13.2 Å². The quantitative estimate of drug-likeness (QED) is 0.807. The molecule has 1 rings (SSSR count). The van der Waals surface area contributed by atoms with Gasteiger partial charge in [0.25, 0.3) is 0 Å². The summed E-state index contributed by atoms with van der Waals surface area (Å²) in [5.41, 5.74) is 0. The molecule has 6 heteroatoms. The van der Waals surface area contributed by atoms with Gasteiger partial charge in [0, 0.05) is 37.3 Å². The second-order valence-electron chi connectivity index (χ2n) is 5.91. The minimum absolute atomic E-state index is 0.0349. The SMILES string of the molecule is CC(CS(C)(=O)=O)NC1CCN(C(=O)C(C)C)CC1. The van der Waals surface area contributed by atoms with Gasteiger partial charge in [-0.05, 0) is 19.8 Å². The van der Waals surface area contributed by atoms with Gasteiger partial charge in [0.05, 0.1) is 5.75 Å². The molecular weight excluding hydrogens is 264 g/mol. The maximum absolute atomic E-state index is 11.8. The van der Waals surface area contributed by atoms with E-state index in [2.05, 4.69) is 5.32 Å². The summed E-state index contributed by atoms with van der Waals surface area (Å²) in [7, 11) is -2.94. The van der Waals surface area contributed by atoms with Crippen molar-refractivity contribution < 1.29 is 13.2 Å². The van der Waals surface area contributed by atoms with E-state index in [1.54, 1.807) is 0 Å². The maximum atomic E-state index is 11.8. The molecule has 1 aliphatic heterocycles. The fourth-order valence-electron chi connectivity index (χ4n) is 2.54. The first-order chi connectivity index (χ1) is 8.69. The predicted octanol–water partition coefficient (Wildman–Crippen LogP) is 0.656. The van der Waals surface area contributed by atoms with Crippen LogP contribution in [0, 0.1) is 5.92 Å². The van der Waals surface area contributed by atoms with Crippen LogP contribution in [0.1, 0.15) is 33.6 Å². The zero-order valence-corrected chi connectivity index (χ0v) is 13.2. The summed E-state index contributed by atoms with van der Waals surface area (Å²) < 4.78 is 22.4. The van der Waals surface area contributed by atoms with E-state index in [-0.39, 0.29) is 23.6 Å². The first kappa shape index (κ1) is 16.4. The lowest BCUT2D eigenvalue weighted by Crippen LogP contribution is -2.49. The predicted molar refractivity (Wildman–Crippen MR) is 76.7 cm³/mol. The number of rotatable bonds is 5. The van der Waals surface area contributed by atoms with Gasteiger partial charge in [0.15, 0.2) is 0 Å². The molecule has 1 atom stereocenters. The lowest BCUT2D eigenvalue weighted by molar-refractivity contribution is -0.135. The van der Waals surface area contributed by atoms with Gasteiger partial charge in [-0.3, -0.25) is 4.79 Å². The largest absolute Gasteiger partial charge is 0.342 e. The Hall–Kier alpha value is -0.620. The highest BCUT2D eigenvalue weighted by Gasteiger charge is 2.25. The van der Waals surface area contributed by atoms with E-state index in [0.29, 0.717) is 6.04 Å². The zero-order chi connectivity index (χ0) is 14.6. The third-order valence-corrected chi connectivity index (χ3v) is 4.48. The number of likely N-dealkylation sites (tertiary alicyclic amines) is 1. The van der Waals surface area contributed by atoms with Crippen molar-refractivity contribution in [3.63, 3.8) is 0 Å². The molecule has 19 heavy (non-hydrogen) atoms. The van der Waals surface area contributed by atoms with Gasteiger partial charge in [0.2, 0.25) is 5.91 Å². The molecule has 5 nitrogen and oxygen atoms in total. The number of hydrogen-bond acceptors (Lipinski definition) is 4. The molecule has 1 aliphatic rings. The van der Waals surface area contributed by atoms with Gasteiger partial charge in [-0.1, -0.05) is 13.8 Å². The summed E-state index contributed by atoms with van der Waals surface area (Å²) in [4.78, 5) is 13.7. The normalized spacial score (nSPS) is 19.7. The highest BCUT2D eigenvalue weighted by atomic mass is 32.2. The summed E-state index contributed by atoms with van der Waals surface area (Å²) in [6.45, 7) is 7.26. The molecule has 112 valence electrons. The smallest absolute Gasteiger partial charge is 0.225 e. The lowest BCUT2D eigenvalue weighted by atomic mass is 10.0. The third-order valence-electron chi connectivity index (χ3n) is 3.37. The first-order valence-corrected chi connectivity index (χ1v) is 8.97. The molecule has 1 heterocycles. The Labute approximate surface area is 116 Å². The molecule has 1 N–H and O–H groups in total. The Balaban J connectivity index is 2.36. The number of nitrogens with zero attached hydrogens (tertiary/aromatic N) is 1. The first-order valence-electron chi connectivity index (χ1n) is 6.91. The highest BCUT2D eigenvalue weighted by molar-refractivity contribution is 7.90. The van der Waals surface area contributed by atoms with Gasteiger partial charge >= 0.3 is 0 Å². The van der Waals surface area contributed by atoms with Crippen LogP contribution >= 0.6 is 0 Å². The van der Waals surface area contributed by atoms with Gasteiger partial charge in [-0.25, -0.2) is 8.42 Å². The topological polar surface area (TPSA) is 66.5 Å². The molecule has 1 fully saturated rings. The number of carbonyl (C=O) groups excluding carboxylic acids is 1. The van der Waals surface area contributed by atoms with Crippen molar-refractivity contribution in [2.24, 2.45) is 5.92 Å². The number of sulfone groups is 1. The molecule has 0 radical (unpaired) electrons. The van der Waals surface area contributed by atoms with E-state index in [1.807, 2.05) is 25.7 Å². The fraction of sp³-hybridized carbons (Fsp3) is 0.923. The van der Waals surface area contributed by atoms with Crippen LogP contribution < -0.4 is 5.32 Å². The van der Waals surface area contributed by atoms with Crippen LogP contribution in [-0.4, -0.2) is 56.4 Å². The van der Waals surface area contributed by atoms with Crippen molar-refractivity contribution in [1.82, 2.24) is 10.2 Å². The Morgan fingerprint density at radius 1 is 1.26 bits per heavy atom. The Kier molecular flexibility index (Phi) is 5.80. The monoisotopic (exact) mass is 290 g/mol. The third kappa shape index (κ3) is 5.91. The average Bonchev–Trinajstić information content (AvgIpc) is 2.26. The van der Waals surface area contributed by atoms with Crippen molar-refractivity contribution >= 4 is 15.7 Å². The van der Waals surface area contributed by atoms with Gasteiger partial charge in [-0.15, -0.1) is 0 Å². The van der Waals surface area contributed by atoms with Crippen LogP contribution in [0.15, 0.2) is 0 Å². The molecule has 1 unspecified atom stereocenters. The van der Waals surface area contributed by atoms with Crippen LogP contribution in [0.2, 0.25) is 0 Å². The highest BCUT2D eigenvalue weighted by Crippen LogP contribution is 2.14.